The minimum absolute atomic E-state index is 0.0104. The molecular formula is C26H39N9O6. The highest BCUT2D eigenvalue weighted by atomic mass is 16.4. The lowest BCUT2D eigenvalue weighted by Crippen LogP contribution is -2.58. The molecule has 1 aromatic heterocycles. The van der Waals surface area contributed by atoms with E-state index in [1.807, 2.05) is 24.3 Å². The number of benzene rings is 1. The average molecular weight is 574 g/mol. The van der Waals surface area contributed by atoms with Gasteiger partial charge >= 0.3 is 5.97 Å². The average Bonchev–Trinajstić information content (AvgIpc) is 3.31. The Morgan fingerprint density at radius 2 is 1.54 bits per heavy atom. The minimum Gasteiger partial charge on any atom is -0.480 e. The third-order valence-corrected chi connectivity index (χ3v) is 6.35. The van der Waals surface area contributed by atoms with E-state index < -0.39 is 60.2 Å². The zero-order valence-corrected chi connectivity index (χ0v) is 23.1. The van der Waals surface area contributed by atoms with Gasteiger partial charge in [-0.15, -0.1) is 0 Å². The Hall–Kier alpha value is -4.66. The first-order valence-electron chi connectivity index (χ1n) is 13.1. The van der Waals surface area contributed by atoms with Crippen LogP contribution in [0.1, 0.15) is 38.7 Å². The van der Waals surface area contributed by atoms with Crippen molar-refractivity contribution in [2.45, 2.75) is 63.7 Å². The normalized spacial score (nSPS) is 14.0. The van der Waals surface area contributed by atoms with Crippen molar-refractivity contribution in [1.29, 1.82) is 0 Å². The fraction of sp³-hybridized carbons (Fsp3) is 0.462. The van der Waals surface area contributed by atoms with Gasteiger partial charge in [0.2, 0.25) is 23.6 Å². The molecule has 0 saturated carbocycles. The first-order chi connectivity index (χ1) is 19.3. The Morgan fingerprint density at radius 1 is 0.927 bits per heavy atom. The van der Waals surface area contributed by atoms with Crippen molar-refractivity contribution in [1.82, 2.24) is 20.9 Å². The van der Waals surface area contributed by atoms with Crippen LogP contribution in [0.25, 0.3) is 10.9 Å². The third-order valence-electron chi connectivity index (χ3n) is 6.35. The van der Waals surface area contributed by atoms with E-state index >= 15 is 0 Å². The lowest BCUT2D eigenvalue weighted by molar-refractivity contribution is -0.143. The molecule has 0 radical (unpaired) electrons. The summed E-state index contributed by atoms with van der Waals surface area (Å²) in [6, 6.07) is 2.52. The Kier molecular flexibility index (Phi) is 12.1. The predicted molar refractivity (Wildman–Crippen MR) is 152 cm³/mol. The van der Waals surface area contributed by atoms with Crippen LogP contribution in [-0.4, -0.2) is 76.4 Å². The number of nitrogens with one attached hydrogen (secondary N) is 4. The zero-order valence-electron chi connectivity index (χ0n) is 23.1. The summed E-state index contributed by atoms with van der Waals surface area (Å²) in [7, 11) is 0. The molecule has 1 aromatic carbocycles. The molecule has 41 heavy (non-hydrogen) atoms. The van der Waals surface area contributed by atoms with Crippen molar-refractivity contribution < 1.29 is 29.1 Å². The van der Waals surface area contributed by atoms with Gasteiger partial charge in [-0.3, -0.25) is 24.2 Å². The number of fused-ring (bicyclic) bond motifs is 1. The molecule has 4 unspecified atom stereocenters. The standard InChI is InChI=1S/C26H39N9O6/c1-13(2)21(28)24(39)34-18(10-14-12-32-16-7-4-3-6-15(14)16)23(38)33-17(8-5-9-31-26(29)30)22(37)35-19(25(40)41)11-20(27)36/h3-4,6-7,12-13,17-19,21,32H,5,8-11,28H2,1-2H3,(H2,27,36)(H,33,38)(H,34,39)(H,35,37)(H,40,41)(H4,29,30,31). The van der Waals surface area contributed by atoms with Crippen LogP contribution < -0.4 is 38.9 Å². The lowest BCUT2D eigenvalue weighted by Gasteiger charge is -2.25. The lowest BCUT2D eigenvalue weighted by atomic mass is 10.0. The predicted octanol–water partition coefficient (Wildman–Crippen LogP) is -1.84. The number of aromatic amines is 1. The number of amides is 4. The summed E-state index contributed by atoms with van der Waals surface area (Å²) in [5, 5.41) is 17.8. The Balaban J connectivity index is 2.33. The number of primary amides is 1. The van der Waals surface area contributed by atoms with Crippen molar-refractivity contribution in [3.63, 3.8) is 0 Å². The number of rotatable bonds is 16. The second-order valence-corrected chi connectivity index (χ2v) is 9.97. The van der Waals surface area contributed by atoms with Crippen molar-refractivity contribution in [2.75, 3.05) is 6.54 Å². The number of aliphatic carboxylic acids is 1. The molecule has 4 atom stereocenters. The van der Waals surface area contributed by atoms with Crippen molar-refractivity contribution >= 4 is 46.5 Å². The largest absolute Gasteiger partial charge is 0.480 e. The highest BCUT2D eigenvalue weighted by Crippen LogP contribution is 2.19. The van der Waals surface area contributed by atoms with Gasteiger partial charge in [-0.2, -0.15) is 0 Å². The van der Waals surface area contributed by atoms with Gasteiger partial charge in [-0.05, 0) is 30.4 Å². The number of aromatic nitrogens is 1. The fourth-order valence-corrected chi connectivity index (χ4v) is 4.02. The van der Waals surface area contributed by atoms with Crippen LogP contribution in [0.5, 0.6) is 0 Å². The molecule has 2 rings (SSSR count). The Morgan fingerprint density at radius 3 is 2.15 bits per heavy atom. The highest BCUT2D eigenvalue weighted by molar-refractivity contribution is 5.95. The molecule has 0 saturated heterocycles. The van der Waals surface area contributed by atoms with E-state index in [-0.39, 0.29) is 37.7 Å². The van der Waals surface area contributed by atoms with E-state index in [0.29, 0.717) is 0 Å². The molecule has 15 heteroatoms. The van der Waals surface area contributed by atoms with Crippen molar-refractivity contribution in [2.24, 2.45) is 33.8 Å². The number of guanidine groups is 1. The van der Waals surface area contributed by atoms with Crippen LogP contribution in [-0.2, 0) is 30.4 Å². The summed E-state index contributed by atoms with van der Waals surface area (Å²) < 4.78 is 0. The Labute approximate surface area is 236 Å². The summed E-state index contributed by atoms with van der Waals surface area (Å²) in [5.74, 6) is -4.91. The first kappa shape index (κ1) is 32.6. The van der Waals surface area contributed by atoms with E-state index in [0.717, 1.165) is 16.5 Å². The smallest absolute Gasteiger partial charge is 0.326 e. The van der Waals surface area contributed by atoms with Gasteiger partial charge in [0.1, 0.15) is 18.1 Å². The van der Waals surface area contributed by atoms with E-state index in [2.05, 4.69) is 25.9 Å². The van der Waals surface area contributed by atoms with Gasteiger partial charge < -0.3 is 49.0 Å². The molecule has 224 valence electrons. The molecule has 13 N–H and O–H groups in total. The number of carbonyl (C=O) groups is 5. The number of para-hydroxylation sites is 1. The van der Waals surface area contributed by atoms with Gasteiger partial charge in [-0.25, -0.2) is 4.79 Å². The maximum absolute atomic E-state index is 13.6. The molecule has 0 bridgehead atoms. The number of nitrogens with zero attached hydrogens (tertiary/aromatic N) is 1. The fourth-order valence-electron chi connectivity index (χ4n) is 4.02. The van der Waals surface area contributed by atoms with E-state index in [4.69, 9.17) is 22.9 Å². The van der Waals surface area contributed by atoms with Crippen molar-refractivity contribution in [3.8, 4) is 0 Å². The van der Waals surface area contributed by atoms with Crippen LogP contribution in [0.4, 0.5) is 0 Å². The van der Waals surface area contributed by atoms with E-state index in [9.17, 15) is 29.1 Å². The van der Waals surface area contributed by atoms with Crippen molar-refractivity contribution in [3.05, 3.63) is 36.0 Å². The third kappa shape index (κ3) is 10.1. The number of carboxylic acids is 1. The first-order valence-corrected chi connectivity index (χ1v) is 13.1. The van der Waals surface area contributed by atoms with Gasteiger partial charge in [0.05, 0.1) is 12.5 Å². The summed E-state index contributed by atoms with van der Waals surface area (Å²) in [6.45, 7) is 3.66. The number of hydrogen-bond donors (Lipinski definition) is 9. The highest BCUT2D eigenvalue weighted by Gasteiger charge is 2.31. The monoisotopic (exact) mass is 573 g/mol. The molecule has 0 fully saturated rings. The second kappa shape index (κ2) is 15.2. The topological polar surface area (TPSA) is 274 Å². The number of aliphatic imine (C=N–C) groups is 1. The maximum atomic E-state index is 13.6. The number of carbonyl (C=O) groups excluding carboxylic acids is 4. The molecule has 1 heterocycles. The van der Waals surface area contributed by atoms with Gasteiger partial charge in [0.15, 0.2) is 5.96 Å². The van der Waals surface area contributed by atoms with Crippen LogP contribution in [0.15, 0.2) is 35.5 Å². The summed E-state index contributed by atoms with van der Waals surface area (Å²) in [4.78, 5) is 69.4. The number of nitrogens with two attached hydrogens (primary N) is 4. The number of hydrogen-bond acceptors (Lipinski definition) is 7. The van der Waals surface area contributed by atoms with Crippen LogP contribution >= 0.6 is 0 Å². The zero-order chi connectivity index (χ0) is 30.7. The molecule has 2 aromatic rings. The van der Waals surface area contributed by atoms with Gasteiger partial charge in [0.25, 0.3) is 0 Å². The molecule has 15 nitrogen and oxygen atoms in total. The minimum atomic E-state index is -1.61. The summed E-state index contributed by atoms with van der Waals surface area (Å²) in [5.41, 5.74) is 23.4. The van der Waals surface area contributed by atoms with E-state index in [1.54, 1.807) is 20.0 Å². The van der Waals surface area contributed by atoms with Gasteiger partial charge in [-0.1, -0.05) is 32.0 Å². The molecule has 0 aliphatic carbocycles. The molecule has 0 spiro atoms. The summed E-state index contributed by atoms with van der Waals surface area (Å²) in [6.07, 6.45) is 1.38. The van der Waals surface area contributed by atoms with Crippen LogP contribution in [0, 0.1) is 5.92 Å². The molecule has 4 amide bonds. The number of carboxylic acid groups (broad SMARTS) is 1. The second-order valence-electron chi connectivity index (χ2n) is 9.97. The SMILES string of the molecule is CC(C)C(N)C(=O)NC(Cc1c[nH]c2ccccc12)C(=O)NC(CCCN=C(N)N)C(=O)NC(CC(N)=O)C(=O)O. The van der Waals surface area contributed by atoms with Crippen LogP contribution in [0.2, 0.25) is 0 Å². The maximum Gasteiger partial charge on any atom is 0.326 e. The molecule has 0 aliphatic rings. The summed E-state index contributed by atoms with van der Waals surface area (Å²) >= 11 is 0. The van der Waals surface area contributed by atoms with E-state index in [1.165, 1.54) is 0 Å². The van der Waals surface area contributed by atoms with Gasteiger partial charge in [0, 0.05) is 30.1 Å². The Bertz CT molecular complexity index is 1270. The molecular weight excluding hydrogens is 534 g/mol. The molecule has 0 aliphatic heterocycles. The van der Waals surface area contributed by atoms with Crippen LogP contribution in [0.3, 0.4) is 0 Å². The quantitative estimate of drug-likeness (QED) is 0.0619. The number of H-pyrrole nitrogens is 1.